The van der Waals surface area contributed by atoms with Gasteiger partial charge in [0.15, 0.2) is 4.77 Å². The fourth-order valence-corrected chi connectivity index (χ4v) is 2.32. The van der Waals surface area contributed by atoms with E-state index in [1.165, 1.54) is 12.1 Å². The number of halogens is 1. The number of benzene rings is 1. The van der Waals surface area contributed by atoms with Gasteiger partial charge in [-0.2, -0.15) is 5.10 Å². The molecule has 0 saturated heterocycles. The lowest BCUT2D eigenvalue weighted by Gasteiger charge is -2.11. The molecule has 22 heavy (non-hydrogen) atoms. The molecule has 1 amide bonds. The molecule has 0 atom stereocenters. The highest BCUT2D eigenvalue weighted by Gasteiger charge is 2.16. The number of phenolic OH excluding ortho intramolecular Hbond substituents is 1. The van der Waals surface area contributed by atoms with Gasteiger partial charge in [0.25, 0.3) is 5.91 Å². The Bertz CT molecular complexity index is 718. The average molecular weight is 324 g/mol. The Morgan fingerprint density at radius 2 is 2.27 bits per heavy atom. The summed E-state index contributed by atoms with van der Waals surface area (Å²) in [5.74, 6) is -0.857. The lowest BCUT2D eigenvalue weighted by atomic mass is 10.1. The molecule has 0 aliphatic carbocycles. The van der Waals surface area contributed by atoms with E-state index in [4.69, 9.17) is 12.2 Å². The van der Waals surface area contributed by atoms with E-state index in [9.17, 15) is 14.3 Å². The summed E-state index contributed by atoms with van der Waals surface area (Å²) in [4.78, 5) is 11.9. The van der Waals surface area contributed by atoms with Gasteiger partial charge in [0.1, 0.15) is 23.0 Å². The first-order valence-corrected chi connectivity index (χ1v) is 7.23. The molecule has 2 rings (SSSR count). The van der Waals surface area contributed by atoms with Gasteiger partial charge in [-0.05, 0) is 24.4 Å². The average Bonchev–Trinajstić information content (AvgIpc) is 2.80. The van der Waals surface area contributed by atoms with Gasteiger partial charge in [0.2, 0.25) is 0 Å². The second kappa shape index (κ2) is 6.69. The topological polar surface area (TPSA) is 82.9 Å². The molecule has 0 radical (unpaired) electrons. The van der Waals surface area contributed by atoms with Crippen LogP contribution in [0.1, 0.15) is 35.9 Å². The summed E-state index contributed by atoms with van der Waals surface area (Å²) in [6, 6.07) is 3.72. The lowest BCUT2D eigenvalue weighted by molar-refractivity contribution is 0.0945. The monoisotopic (exact) mass is 324 g/mol. The van der Waals surface area contributed by atoms with E-state index in [-0.39, 0.29) is 23.8 Å². The Labute approximate surface area is 132 Å². The van der Waals surface area contributed by atoms with E-state index >= 15 is 0 Å². The molecule has 3 N–H and O–H groups in total. The van der Waals surface area contributed by atoms with Crippen LogP contribution in [0.15, 0.2) is 18.2 Å². The van der Waals surface area contributed by atoms with Crippen LogP contribution < -0.4 is 5.32 Å². The lowest BCUT2D eigenvalue weighted by Crippen LogP contribution is -2.28. The van der Waals surface area contributed by atoms with E-state index in [0.717, 1.165) is 11.9 Å². The molecule has 0 fully saturated rings. The predicted molar refractivity (Wildman–Crippen MR) is 81.9 cm³/mol. The second-order valence-corrected chi connectivity index (χ2v) is 5.47. The summed E-state index contributed by atoms with van der Waals surface area (Å²) < 4.78 is 15.8. The normalized spacial score (nSPS) is 10.9. The van der Waals surface area contributed by atoms with Gasteiger partial charge in [0, 0.05) is 19.0 Å². The van der Waals surface area contributed by atoms with Crippen LogP contribution >= 0.6 is 12.2 Å². The van der Waals surface area contributed by atoms with E-state index in [2.05, 4.69) is 15.5 Å². The van der Waals surface area contributed by atoms with Crippen molar-refractivity contribution >= 4 is 18.1 Å². The molecular weight excluding hydrogens is 307 g/mol. The molecule has 1 aromatic carbocycles. The third kappa shape index (κ3) is 3.33. The molecule has 0 unspecified atom stereocenters. The number of aromatic hydroxyl groups is 1. The minimum Gasteiger partial charge on any atom is -0.507 e. The van der Waals surface area contributed by atoms with Crippen molar-refractivity contribution in [3.8, 4) is 5.75 Å². The summed E-state index contributed by atoms with van der Waals surface area (Å²) in [7, 11) is 0. The van der Waals surface area contributed by atoms with Gasteiger partial charge in [-0.25, -0.2) is 4.39 Å². The predicted octanol–water partition coefficient (Wildman–Crippen LogP) is 2.34. The van der Waals surface area contributed by atoms with Crippen LogP contribution in [-0.2, 0) is 6.54 Å². The smallest absolute Gasteiger partial charge is 0.258 e. The molecule has 118 valence electrons. The van der Waals surface area contributed by atoms with E-state index in [0.29, 0.717) is 11.3 Å². The first kappa shape index (κ1) is 16.2. The van der Waals surface area contributed by atoms with Crippen molar-refractivity contribution in [1.29, 1.82) is 0 Å². The molecule has 0 spiro atoms. The number of nitrogens with one attached hydrogen (secondary N) is 2. The number of phenols is 1. The zero-order valence-electron chi connectivity index (χ0n) is 12.3. The standard InChI is InChI=1S/C14H17FN4O2S/c1-8(2)12-17-18-14(22)19(12)7-6-16-13(21)11-9(15)4-3-5-10(11)20/h3-5,8,20H,6-7H2,1-2H3,(H,16,21)(H,18,22). The minimum absolute atomic E-state index is 0.180. The third-order valence-corrected chi connectivity index (χ3v) is 3.46. The summed E-state index contributed by atoms with van der Waals surface area (Å²) in [5.41, 5.74) is -0.359. The molecule has 0 bridgehead atoms. The zero-order chi connectivity index (χ0) is 16.3. The molecule has 2 aromatic rings. The van der Waals surface area contributed by atoms with Crippen molar-refractivity contribution in [2.45, 2.75) is 26.3 Å². The molecule has 1 aromatic heterocycles. The van der Waals surface area contributed by atoms with Crippen LogP contribution in [0.3, 0.4) is 0 Å². The van der Waals surface area contributed by atoms with Crippen molar-refractivity contribution in [2.24, 2.45) is 0 Å². The largest absolute Gasteiger partial charge is 0.507 e. The van der Waals surface area contributed by atoms with Crippen LogP contribution in [0, 0.1) is 10.6 Å². The molecule has 0 saturated carbocycles. The van der Waals surface area contributed by atoms with Crippen LogP contribution in [-0.4, -0.2) is 32.3 Å². The van der Waals surface area contributed by atoms with Gasteiger partial charge in [-0.15, -0.1) is 0 Å². The number of carbonyl (C=O) groups excluding carboxylic acids is 1. The summed E-state index contributed by atoms with van der Waals surface area (Å²) in [6.07, 6.45) is 0. The Morgan fingerprint density at radius 3 is 2.91 bits per heavy atom. The molecule has 1 heterocycles. The number of rotatable bonds is 5. The first-order chi connectivity index (χ1) is 10.4. The van der Waals surface area contributed by atoms with Gasteiger partial charge in [-0.3, -0.25) is 9.89 Å². The maximum atomic E-state index is 13.6. The van der Waals surface area contributed by atoms with Crippen LogP contribution in [0.2, 0.25) is 0 Å². The van der Waals surface area contributed by atoms with Gasteiger partial charge < -0.3 is 15.0 Å². The van der Waals surface area contributed by atoms with E-state index in [1.54, 1.807) is 4.57 Å². The molecule has 0 aliphatic rings. The second-order valence-electron chi connectivity index (χ2n) is 5.08. The van der Waals surface area contributed by atoms with Crippen molar-refractivity contribution in [1.82, 2.24) is 20.1 Å². The van der Waals surface area contributed by atoms with E-state index in [1.807, 2.05) is 13.8 Å². The fraction of sp³-hybridized carbons (Fsp3) is 0.357. The molecule has 0 aliphatic heterocycles. The van der Waals surface area contributed by atoms with Crippen LogP contribution in [0.5, 0.6) is 5.75 Å². The Morgan fingerprint density at radius 1 is 1.55 bits per heavy atom. The quantitative estimate of drug-likeness (QED) is 0.737. The number of aromatic nitrogens is 3. The molecule has 6 nitrogen and oxygen atoms in total. The van der Waals surface area contributed by atoms with Crippen molar-refractivity contribution in [2.75, 3.05) is 6.54 Å². The Kier molecular flexibility index (Phi) is 4.92. The summed E-state index contributed by atoms with van der Waals surface area (Å²) in [5, 5.41) is 19.0. The minimum atomic E-state index is -0.764. The molecular formula is C14H17FN4O2S. The maximum absolute atomic E-state index is 13.6. The summed E-state index contributed by atoms with van der Waals surface area (Å²) >= 11 is 5.14. The highest BCUT2D eigenvalue weighted by molar-refractivity contribution is 7.71. The number of hydrogen-bond acceptors (Lipinski definition) is 4. The van der Waals surface area contributed by atoms with Gasteiger partial charge >= 0.3 is 0 Å². The van der Waals surface area contributed by atoms with Crippen molar-refractivity contribution < 1.29 is 14.3 Å². The highest BCUT2D eigenvalue weighted by atomic mass is 32.1. The highest BCUT2D eigenvalue weighted by Crippen LogP contribution is 2.19. The van der Waals surface area contributed by atoms with Gasteiger partial charge in [-0.1, -0.05) is 19.9 Å². The van der Waals surface area contributed by atoms with Crippen molar-refractivity contribution in [3.05, 3.63) is 40.2 Å². The SMILES string of the molecule is CC(C)c1n[nH]c(=S)n1CCNC(=O)c1c(O)cccc1F. The Hall–Kier alpha value is -2.22. The Balaban J connectivity index is 2.04. The number of amides is 1. The zero-order valence-corrected chi connectivity index (χ0v) is 13.1. The molecule has 8 heteroatoms. The number of carbonyl (C=O) groups is 1. The number of hydrogen-bond donors (Lipinski definition) is 3. The van der Waals surface area contributed by atoms with Crippen LogP contribution in [0.25, 0.3) is 0 Å². The maximum Gasteiger partial charge on any atom is 0.258 e. The third-order valence-electron chi connectivity index (χ3n) is 3.14. The fourth-order valence-electron chi connectivity index (χ4n) is 2.09. The van der Waals surface area contributed by atoms with Crippen molar-refractivity contribution in [3.63, 3.8) is 0 Å². The number of H-pyrrole nitrogens is 1. The number of aromatic amines is 1. The van der Waals surface area contributed by atoms with E-state index < -0.39 is 11.7 Å². The number of nitrogens with zero attached hydrogens (tertiary/aromatic N) is 2. The van der Waals surface area contributed by atoms with Gasteiger partial charge in [0.05, 0.1) is 0 Å². The van der Waals surface area contributed by atoms with Crippen LogP contribution in [0.4, 0.5) is 4.39 Å². The first-order valence-electron chi connectivity index (χ1n) is 6.82. The summed E-state index contributed by atoms with van der Waals surface area (Å²) in [6.45, 7) is 4.61.